The summed E-state index contributed by atoms with van der Waals surface area (Å²) < 4.78 is 7.36. The third-order valence-corrected chi connectivity index (χ3v) is 6.77. The van der Waals surface area contributed by atoms with E-state index in [1.54, 1.807) is 30.6 Å². The van der Waals surface area contributed by atoms with Gasteiger partial charge >= 0.3 is 5.97 Å². The van der Waals surface area contributed by atoms with Gasteiger partial charge in [0.15, 0.2) is 4.80 Å². The largest absolute Gasteiger partial charge is 0.463 e. The van der Waals surface area contributed by atoms with Gasteiger partial charge in [-0.25, -0.2) is 9.79 Å². The fraction of sp³-hybridized carbons (Fsp3) is 0.190. The molecule has 0 N–H and O–H groups in total. The maximum absolute atomic E-state index is 13.3. The number of nitrogens with zero attached hydrogens (tertiary/aromatic N) is 2. The van der Waals surface area contributed by atoms with Crippen LogP contribution in [0.2, 0.25) is 5.02 Å². The Bertz CT molecular complexity index is 1290. The van der Waals surface area contributed by atoms with E-state index < -0.39 is 12.0 Å². The van der Waals surface area contributed by atoms with E-state index in [1.807, 2.05) is 35.7 Å². The standard InChI is InChI=1S/C21H17ClN2O3S2/c1-3-27-20(26)17-12(2)23-21-24(18(17)15-9-6-10-28-15)19(25)16(29-21)11-13-7-4-5-8-14(13)22/h4-11,18H,3H2,1-2H3/t18-/m0/s1. The highest BCUT2D eigenvalue weighted by molar-refractivity contribution is 7.10. The predicted octanol–water partition coefficient (Wildman–Crippen LogP) is 3.51. The average Bonchev–Trinajstić information content (AvgIpc) is 3.32. The number of aromatic nitrogens is 1. The number of hydrogen-bond donors (Lipinski definition) is 0. The van der Waals surface area contributed by atoms with E-state index in [-0.39, 0.29) is 12.2 Å². The first kappa shape index (κ1) is 19.8. The normalized spacial score (nSPS) is 16.5. The zero-order chi connectivity index (χ0) is 20.5. The Morgan fingerprint density at radius 1 is 1.31 bits per heavy atom. The van der Waals surface area contributed by atoms with Crippen LogP contribution in [0.5, 0.6) is 0 Å². The number of halogens is 1. The Morgan fingerprint density at radius 3 is 2.79 bits per heavy atom. The van der Waals surface area contributed by atoms with Crippen molar-refractivity contribution in [2.45, 2.75) is 19.9 Å². The molecule has 2 aromatic heterocycles. The Balaban J connectivity index is 1.96. The molecule has 0 saturated heterocycles. The summed E-state index contributed by atoms with van der Waals surface area (Å²) in [6.07, 6.45) is 1.76. The minimum absolute atomic E-state index is 0.207. The molecule has 3 heterocycles. The van der Waals surface area contributed by atoms with E-state index in [9.17, 15) is 9.59 Å². The van der Waals surface area contributed by atoms with E-state index in [1.165, 1.54) is 22.7 Å². The zero-order valence-electron chi connectivity index (χ0n) is 15.7. The maximum atomic E-state index is 13.3. The number of carbonyl (C=O) groups excluding carboxylic acids is 1. The van der Waals surface area contributed by atoms with Gasteiger partial charge in [0, 0.05) is 9.90 Å². The van der Waals surface area contributed by atoms with Crippen molar-refractivity contribution in [1.82, 2.24) is 4.57 Å². The summed E-state index contributed by atoms with van der Waals surface area (Å²) in [5.74, 6) is -0.451. The molecule has 3 aromatic rings. The van der Waals surface area contributed by atoms with Gasteiger partial charge in [-0.2, -0.15) is 0 Å². The van der Waals surface area contributed by atoms with Crippen molar-refractivity contribution in [3.05, 3.63) is 88.2 Å². The first-order valence-electron chi connectivity index (χ1n) is 8.99. The molecular formula is C21H17ClN2O3S2. The molecule has 0 saturated carbocycles. The lowest BCUT2D eigenvalue weighted by Gasteiger charge is -2.23. The number of fused-ring (bicyclic) bond motifs is 1. The number of esters is 1. The summed E-state index contributed by atoms with van der Waals surface area (Å²) in [7, 11) is 0. The highest BCUT2D eigenvalue weighted by Crippen LogP contribution is 2.33. The van der Waals surface area contributed by atoms with Crippen LogP contribution >= 0.6 is 34.3 Å². The average molecular weight is 445 g/mol. The highest BCUT2D eigenvalue weighted by atomic mass is 35.5. The molecule has 4 rings (SSSR count). The summed E-state index contributed by atoms with van der Waals surface area (Å²) in [5, 5.41) is 2.49. The van der Waals surface area contributed by atoms with Crippen LogP contribution in [0, 0.1) is 0 Å². The molecule has 0 spiro atoms. The van der Waals surface area contributed by atoms with Crippen molar-refractivity contribution in [3.63, 3.8) is 0 Å². The predicted molar refractivity (Wildman–Crippen MR) is 116 cm³/mol. The molecule has 8 heteroatoms. The van der Waals surface area contributed by atoms with Gasteiger partial charge in [-0.05, 0) is 43.0 Å². The van der Waals surface area contributed by atoms with Gasteiger partial charge in [0.25, 0.3) is 5.56 Å². The molecular weight excluding hydrogens is 428 g/mol. The monoisotopic (exact) mass is 444 g/mol. The quantitative estimate of drug-likeness (QED) is 0.578. The second-order valence-corrected chi connectivity index (χ2v) is 8.73. The van der Waals surface area contributed by atoms with Crippen LogP contribution in [0.4, 0.5) is 0 Å². The van der Waals surface area contributed by atoms with Gasteiger partial charge in [0.05, 0.1) is 22.4 Å². The van der Waals surface area contributed by atoms with Gasteiger partial charge in [0.2, 0.25) is 0 Å². The SMILES string of the molecule is CCOC(=O)C1=C(C)N=c2sc(=Cc3ccccc3Cl)c(=O)n2[C@H]1c1cccs1. The van der Waals surface area contributed by atoms with Crippen LogP contribution in [-0.2, 0) is 9.53 Å². The molecule has 0 amide bonds. The summed E-state index contributed by atoms with van der Waals surface area (Å²) in [6, 6.07) is 10.6. The van der Waals surface area contributed by atoms with E-state index in [0.29, 0.717) is 25.6 Å². The van der Waals surface area contributed by atoms with Gasteiger partial charge in [0.1, 0.15) is 6.04 Å². The topological polar surface area (TPSA) is 60.7 Å². The molecule has 148 valence electrons. The minimum atomic E-state index is -0.557. The van der Waals surface area contributed by atoms with Crippen molar-refractivity contribution in [2.24, 2.45) is 4.99 Å². The Morgan fingerprint density at radius 2 is 2.10 bits per heavy atom. The third kappa shape index (κ3) is 3.61. The van der Waals surface area contributed by atoms with Crippen LogP contribution in [0.3, 0.4) is 0 Å². The number of carbonyl (C=O) groups is 1. The Hall–Kier alpha value is -2.48. The smallest absolute Gasteiger partial charge is 0.338 e. The Labute approximate surface area is 179 Å². The van der Waals surface area contributed by atoms with Crippen molar-refractivity contribution in [1.29, 1.82) is 0 Å². The lowest BCUT2D eigenvalue weighted by atomic mass is 10.0. The molecule has 0 aliphatic carbocycles. The van der Waals surface area contributed by atoms with Crippen molar-refractivity contribution in [2.75, 3.05) is 6.61 Å². The van der Waals surface area contributed by atoms with E-state index in [2.05, 4.69) is 4.99 Å². The zero-order valence-corrected chi connectivity index (χ0v) is 18.1. The second-order valence-electron chi connectivity index (χ2n) is 6.34. The van der Waals surface area contributed by atoms with Gasteiger partial charge < -0.3 is 4.74 Å². The summed E-state index contributed by atoms with van der Waals surface area (Å²) in [5.41, 5.74) is 1.51. The second kappa shape index (κ2) is 8.10. The number of rotatable bonds is 4. The maximum Gasteiger partial charge on any atom is 0.338 e. The van der Waals surface area contributed by atoms with Crippen LogP contribution in [-0.4, -0.2) is 17.1 Å². The van der Waals surface area contributed by atoms with Crippen LogP contribution in [0.1, 0.15) is 30.3 Å². The molecule has 1 aliphatic rings. The fourth-order valence-corrected chi connectivity index (χ4v) is 5.29. The lowest BCUT2D eigenvalue weighted by molar-refractivity contribution is -0.139. The molecule has 1 atom stereocenters. The molecule has 5 nitrogen and oxygen atoms in total. The van der Waals surface area contributed by atoms with Crippen molar-refractivity contribution < 1.29 is 9.53 Å². The van der Waals surface area contributed by atoms with Gasteiger partial charge in [-0.1, -0.05) is 47.2 Å². The molecule has 0 radical (unpaired) electrons. The van der Waals surface area contributed by atoms with Crippen molar-refractivity contribution >= 4 is 46.3 Å². The minimum Gasteiger partial charge on any atom is -0.463 e. The summed E-state index contributed by atoms with van der Waals surface area (Å²) >= 11 is 9.03. The van der Waals surface area contributed by atoms with E-state index in [0.717, 1.165) is 10.4 Å². The lowest BCUT2D eigenvalue weighted by Crippen LogP contribution is -2.39. The van der Waals surface area contributed by atoms with Crippen molar-refractivity contribution in [3.8, 4) is 0 Å². The molecule has 0 fully saturated rings. The number of benzene rings is 1. The molecule has 1 aliphatic heterocycles. The molecule has 1 aromatic carbocycles. The van der Waals surface area contributed by atoms with E-state index in [4.69, 9.17) is 16.3 Å². The van der Waals surface area contributed by atoms with Crippen LogP contribution in [0.25, 0.3) is 6.08 Å². The van der Waals surface area contributed by atoms with E-state index >= 15 is 0 Å². The fourth-order valence-electron chi connectivity index (χ4n) is 3.24. The van der Waals surface area contributed by atoms with Crippen LogP contribution < -0.4 is 14.9 Å². The number of hydrogen-bond acceptors (Lipinski definition) is 6. The first-order chi connectivity index (χ1) is 14.0. The molecule has 0 unspecified atom stereocenters. The summed E-state index contributed by atoms with van der Waals surface area (Å²) in [4.78, 5) is 32.0. The number of thiophene rings is 1. The highest BCUT2D eigenvalue weighted by Gasteiger charge is 2.33. The first-order valence-corrected chi connectivity index (χ1v) is 11.1. The number of ether oxygens (including phenoxy) is 1. The van der Waals surface area contributed by atoms with Gasteiger partial charge in [-0.15, -0.1) is 11.3 Å². The number of thiazole rings is 1. The van der Waals surface area contributed by atoms with Gasteiger partial charge in [-0.3, -0.25) is 9.36 Å². The van der Waals surface area contributed by atoms with Crippen LogP contribution in [0.15, 0.2) is 62.8 Å². The molecule has 29 heavy (non-hydrogen) atoms. The Kier molecular flexibility index (Phi) is 5.54. The number of allylic oxidation sites excluding steroid dienone is 1. The summed E-state index contributed by atoms with van der Waals surface area (Å²) in [6.45, 7) is 3.79. The molecule has 0 bridgehead atoms. The third-order valence-electron chi connectivity index (χ3n) is 4.52.